The molecular formula is C28H39NO3S. The van der Waals surface area contributed by atoms with Crippen LogP contribution in [0.2, 0.25) is 0 Å². The minimum absolute atomic E-state index is 0.194. The van der Waals surface area contributed by atoms with Gasteiger partial charge in [-0.25, -0.2) is 8.42 Å². The fraction of sp³-hybridized carbons (Fsp3) is 0.571. The molecule has 2 aromatic rings. The molecule has 33 heavy (non-hydrogen) atoms. The average molecular weight is 470 g/mol. The highest BCUT2D eigenvalue weighted by molar-refractivity contribution is 7.89. The molecule has 0 spiro atoms. The zero-order valence-corrected chi connectivity index (χ0v) is 20.9. The summed E-state index contributed by atoms with van der Waals surface area (Å²) in [6.45, 7) is 3.13. The molecule has 0 fully saturated rings. The Morgan fingerprint density at radius 3 is 2.09 bits per heavy atom. The SMILES string of the molecule is Cc1ccc(S(=O)(=O)N2Cc3c4cc(CCCO)c(c3C2)CCCCCCCCCC4)cc1. The zero-order valence-electron chi connectivity index (χ0n) is 20.1. The summed E-state index contributed by atoms with van der Waals surface area (Å²) < 4.78 is 28.7. The lowest BCUT2D eigenvalue weighted by molar-refractivity contribution is 0.288. The molecule has 1 aliphatic carbocycles. The van der Waals surface area contributed by atoms with Gasteiger partial charge in [0.05, 0.1) is 4.90 Å². The number of aryl methyl sites for hydroxylation is 3. The van der Waals surface area contributed by atoms with E-state index in [1.54, 1.807) is 16.4 Å². The van der Waals surface area contributed by atoms with Crippen LogP contribution in [0.25, 0.3) is 0 Å². The number of fused-ring (bicyclic) bond motifs is 6. The lowest BCUT2D eigenvalue weighted by atomic mass is 9.86. The van der Waals surface area contributed by atoms with E-state index in [-0.39, 0.29) is 6.61 Å². The fourth-order valence-corrected chi connectivity index (χ4v) is 6.86. The van der Waals surface area contributed by atoms with Crippen molar-refractivity contribution in [1.29, 1.82) is 0 Å². The minimum atomic E-state index is -3.53. The van der Waals surface area contributed by atoms with Crippen molar-refractivity contribution in [3.63, 3.8) is 0 Å². The van der Waals surface area contributed by atoms with Crippen LogP contribution in [0.5, 0.6) is 0 Å². The van der Waals surface area contributed by atoms with Gasteiger partial charge in [-0.05, 0) is 85.4 Å². The molecule has 0 unspecified atom stereocenters. The van der Waals surface area contributed by atoms with Crippen LogP contribution >= 0.6 is 0 Å². The van der Waals surface area contributed by atoms with Gasteiger partial charge in [0.1, 0.15) is 0 Å². The monoisotopic (exact) mass is 469 g/mol. The van der Waals surface area contributed by atoms with Crippen LogP contribution in [0, 0.1) is 6.92 Å². The first-order valence-electron chi connectivity index (χ1n) is 12.8. The van der Waals surface area contributed by atoms with E-state index < -0.39 is 10.0 Å². The van der Waals surface area contributed by atoms with E-state index in [1.807, 2.05) is 19.1 Å². The summed E-state index contributed by atoms with van der Waals surface area (Å²) >= 11 is 0. The zero-order chi connectivity index (χ0) is 23.3. The summed E-state index contributed by atoms with van der Waals surface area (Å²) in [7, 11) is -3.53. The van der Waals surface area contributed by atoms with Crippen LogP contribution in [0.4, 0.5) is 0 Å². The molecule has 0 atom stereocenters. The van der Waals surface area contributed by atoms with Gasteiger partial charge in [0, 0.05) is 19.7 Å². The van der Waals surface area contributed by atoms with E-state index in [2.05, 4.69) is 6.07 Å². The van der Waals surface area contributed by atoms with Crippen molar-refractivity contribution < 1.29 is 13.5 Å². The maximum Gasteiger partial charge on any atom is 0.243 e. The molecule has 4 rings (SSSR count). The van der Waals surface area contributed by atoms with E-state index in [0.717, 1.165) is 44.1 Å². The van der Waals surface area contributed by atoms with Gasteiger partial charge in [-0.1, -0.05) is 62.3 Å². The fourth-order valence-electron chi connectivity index (χ4n) is 5.48. The van der Waals surface area contributed by atoms with Crippen molar-refractivity contribution in [3.8, 4) is 0 Å². The van der Waals surface area contributed by atoms with Crippen LogP contribution in [0.15, 0.2) is 35.2 Å². The van der Waals surface area contributed by atoms with Gasteiger partial charge in [-0.3, -0.25) is 0 Å². The molecule has 4 nitrogen and oxygen atoms in total. The highest BCUT2D eigenvalue weighted by atomic mass is 32.2. The van der Waals surface area contributed by atoms with Crippen molar-refractivity contribution in [2.45, 2.75) is 102 Å². The van der Waals surface area contributed by atoms with E-state index in [4.69, 9.17) is 0 Å². The molecule has 0 saturated heterocycles. The number of sulfonamides is 1. The molecule has 0 saturated carbocycles. The van der Waals surface area contributed by atoms with Crippen molar-refractivity contribution in [2.24, 2.45) is 0 Å². The highest BCUT2D eigenvalue weighted by Crippen LogP contribution is 2.37. The largest absolute Gasteiger partial charge is 0.396 e. The smallest absolute Gasteiger partial charge is 0.243 e. The maximum absolute atomic E-state index is 13.5. The molecule has 0 amide bonds. The number of hydrogen-bond donors (Lipinski definition) is 1. The van der Waals surface area contributed by atoms with Gasteiger partial charge < -0.3 is 5.11 Å². The first-order chi connectivity index (χ1) is 16.0. The van der Waals surface area contributed by atoms with E-state index >= 15 is 0 Å². The van der Waals surface area contributed by atoms with Crippen LogP contribution in [-0.4, -0.2) is 24.4 Å². The predicted molar refractivity (Wildman–Crippen MR) is 134 cm³/mol. The summed E-state index contributed by atoms with van der Waals surface area (Å²) in [4.78, 5) is 0.385. The molecule has 0 aromatic heterocycles. The normalized spacial score (nSPS) is 18.2. The first-order valence-corrected chi connectivity index (χ1v) is 14.3. The third-order valence-electron chi connectivity index (χ3n) is 7.41. The molecule has 5 heteroatoms. The highest BCUT2D eigenvalue weighted by Gasteiger charge is 2.34. The van der Waals surface area contributed by atoms with Crippen LogP contribution in [-0.2, 0) is 42.4 Å². The standard InChI is InChI=1S/C28H39NO3S/c1-22-14-16-25(17-15-22)33(31,32)29-20-27-24-11-8-6-4-2-3-5-7-9-13-26(28(27)21-29)23(19-24)12-10-18-30/h14-17,19,30H,2-13,18,20-21H2,1H3. The summed E-state index contributed by atoms with van der Waals surface area (Å²) in [5.41, 5.74) is 7.61. The average Bonchev–Trinajstić information content (AvgIpc) is 3.26. The van der Waals surface area contributed by atoms with Gasteiger partial charge in [0.25, 0.3) is 0 Å². The summed E-state index contributed by atoms with van der Waals surface area (Å²) in [5, 5.41) is 9.48. The van der Waals surface area contributed by atoms with E-state index in [9.17, 15) is 13.5 Å². The van der Waals surface area contributed by atoms with Gasteiger partial charge in [0.2, 0.25) is 10.0 Å². The third-order valence-corrected chi connectivity index (χ3v) is 9.21. The lowest BCUT2D eigenvalue weighted by Crippen LogP contribution is -2.25. The molecular weight excluding hydrogens is 430 g/mol. The first kappa shape index (κ1) is 24.4. The third kappa shape index (κ3) is 5.70. The predicted octanol–water partition coefficient (Wildman–Crippen LogP) is 5.84. The summed E-state index contributed by atoms with van der Waals surface area (Å²) in [6, 6.07) is 9.58. The molecule has 1 aliphatic heterocycles. The topological polar surface area (TPSA) is 57.6 Å². The second-order valence-corrected chi connectivity index (χ2v) is 11.8. The Balaban J connectivity index is 1.71. The van der Waals surface area contributed by atoms with E-state index in [0.29, 0.717) is 18.0 Å². The van der Waals surface area contributed by atoms with Gasteiger partial charge in [-0.2, -0.15) is 4.31 Å². The minimum Gasteiger partial charge on any atom is -0.396 e. The Labute approximate surface area is 200 Å². The number of rotatable bonds is 5. The van der Waals surface area contributed by atoms with Crippen molar-refractivity contribution >= 4 is 10.0 Å². The molecule has 180 valence electrons. The number of hydrogen-bond acceptors (Lipinski definition) is 3. The Kier molecular flexibility index (Phi) is 8.26. The van der Waals surface area contributed by atoms with Crippen LogP contribution in [0.1, 0.15) is 91.2 Å². The van der Waals surface area contributed by atoms with Crippen LogP contribution < -0.4 is 0 Å². The summed E-state index contributed by atoms with van der Waals surface area (Å²) in [6.07, 6.45) is 13.7. The number of aliphatic hydroxyl groups excluding tert-OH is 1. The summed E-state index contributed by atoms with van der Waals surface area (Å²) in [5.74, 6) is 0. The van der Waals surface area contributed by atoms with Crippen molar-refractivity contribution in [1.82, 2.24) is 4.31 Å². The molecule has 2 bridgehead atoms. The Morgan fingerprint density at radius 2 is 1.42 bits per heavy atom. The van der Waals surface area contributed by atoms with Crippen molar-refractivity contribution in [3.05, 3.63) is 63.7 Å². The van der Waals surface area contributed by atoms with Gasteiger partial charge >= 0.3 is 0 Å². The molecule has 1 heterocycles. The molecule has 2 aliphatic rings. The Morgan fingerprint density at radius 1 is 0.818 bits per heavy atom. The van der Waals surface area contributed by atoms with Crippen molar-refractivity contribution in [2.75, 3.05) is 6.61 Å². The Bertz CT molecular complexity index is 1040. The quantitative estimate of drug-likeness (QED) is 0.598. The maximum atomic E-state index is 13.5. The number of nitrogens with zero attached hydrogens (tertiary/aromatic N) is 1. The second kappa shape index (κ2) is 11.2. The van der Waals surface area contributed by atoms with Gasteiger partial charge in [0.15, 0.2) is 0 Å². The number of aliphatic hydroxyl groups is 1. The Hall–Kier alpha value is -1.69. The molecule has 2 aromatic carbocycles. The lowest BCUT2D eigenvalue weighted by Gasteiger charge is -2.19. The van der Waals surface area contributed by atoms with Crippen LogP contribution in [0.3, 0.4) is 0 Å². The molecule has 1 N–H and O–H groups in total. The molecule has 0 radical (unpaired) electrons. The second-order valence-electron chi connectivity index (χ2n) is 9.87. The van der Waals surface area contributed by atoms with E-state index in [1.165, 1.54) is 66.3 Å². The number of benzene rings is 2. The van der Waals surface area contributed by atoms with Gasteiger partial charge in [-0.15, -0.1) is 0 Å².